The van der Waals surface area contributed by atoms with Crippen molar-refractivity contribution >= 4 is 33.4 Å². The van der Waals surface area contributed by atoms with Gasteiger partial charge in [-0.1, -0.05) is 17.7 Å². The zero-order valence-corrected chi connectivity index (χ0v) is 15.3. The van der Waals surface area contributed by atoms with E-state index >= 15 is 0 Å². The van der Waals surface area contributed by atoms with Gasteiger partial charge in [0.25, 0.3) is 0 Å². The zero-order chi connectivity index (χ0) is 18.0. The number of hydrogen-bond acceptors (Lipinski definition) is 3. The van der Waals surface area contributed by atoms with Gasteiger partial charge in [-0.05, 0) is 23.8 Å². The molecule has 25 heavy (non-hydrogen) atoms. The van der Waals surface area contributed by atoms with Crippen molar-refractivity contribution in [1.82, 2.24) is 4.90 Å². The number of piperazine rings is 1. The van der Waals surface area contributed by atoms with E-state index < -0.39 is 15.7 Å². The van der Waals surface area contributed by atoms with Gasteiger partial charge in [0, 0.05) is 12.5 Å². The number of nitrogens with zero attached hydrogens (tertiary/aromatic N) is 1. The molecule has 1 aromatic rings. The first-order valence-corrected chi connectivity index (χ1v) is 10.5. The van der Waals surface area contributed by atoms with Gasteiger partial charge < -0.3 is 9.80 Å². The van der Waals surface area contributed by atoms with Crippen molar-refractivity contribution in [3.05, 3.63) is 40.7 Å². The van der Waals surface area contributed by atoms with Crippen LogP contribution in [0, 0.1) is 5.82 Å². The number of carbonyl (C=O) groups excluding carboxylic acids is 1. The predicted molar refractivity (Wildman–Crippen MR) is 94.8 cm³/mol. The van der Waals surface area contributed by atoms with Crippen molar-refractivity contribution < 1.29 is 22.5 Å². The van der Waals surface area contributed by atoms with Gasteiger partial charge in [0.15, 0.2) is 9.84 Å². The molecule has 3 rings (SSSR count). The third-order valence-electron chi connectivity index (χ3n) is 4.89. The standard InChI is InChI=1S/C17H20ClFN2O3S/c18-15-11-13(1-3-16(15)19)2-4-17(22)21-8-6-20(7-9-21)14-5-10-25(23,24)12-14/h1-4,11,14H,5-10,12H2/p+1/b4-2+/t14-/m1/s1. The topological polar surface area (TPSA) is 58.9 Å². The number of sulfone groups is 1. The van der Waals surface area contributed by atoms with E-state index in [1.54, 1.807) is 17.0 Å². The van der Waals surface area contributed by atoms with Crippen LogP contribution in [0.1, 0.15) is 12.0 Å². The van der Waals surface area contributed by atoms with Crippen LogP contribution in [0.25, 0.3) is 6.08 Å². The molecule has 8 heteroatoms. The van der Waals surface area contributed by atoms with E-state index in [9.17, 15) is 17.6 Å². The Balaban J connectivity index is 1.53. The largest absolute Gasteiger partial charge is 0.329 e. The fraction of sp³-hybridized carbons (Fsp3) is 0.471. The van der Waals surface area contributed by atoms with Crippen LogP contribution >= 0.6 is 11.6 Å². The third-order valence-corrected chi connectivity index (χ3v) is 6.95. The first-order chi connectivity index (χ1) is 11.8. The van der Waals surface area contributed by atoms with E-state index in [1.165, 1.54) is 23.1 Å². The lowest BCUT2D eigenvalue weighted by Gasteiger charge is -2.34. The first kappa shape index (κ1) is 18.4. The smallest absolute Gasteiger partial charge is 0.246 e. The molecular formula is C17H21ClFN2O3S+. The number of quaternary nitrogens is 1. The Morgan fingerprint density at radius 1 is 1.32 bits per heavy atom. The van der Waals surface area contributed by atoms with Gasteiger partial charge >= 0.3 is 0 Å². The second-order valence-corrected chi connectivity index (χ2v) is 9.23. The van der Waals surface area contributed by atoms with Crippen molar-refractivity contribution in [2.75, 3.05) is 37.7 Å². The monoisotopic (exact) mass is 387 g/mol. The second-order valence-electron chi connectivity index (χ2n) is 6.59. The second kappa shape index (κ2) is 7.43. The number of benzene rings is 1. The summed E-state index contributed by atoms with van der Waals surface area (Å²) in [7, 11) is -2.87. The van der Waals surface area contributed by atoms with Crippen molar-refractivity contribution in [3.8, 4) is 0 Å². The van der Waals surface area contributed by atoms with Crippen molar-refractivity contribution in [2.45, 2.75) is 12.5 Å². The normalized spacial score (nSPS) is 24.1. The maximum Gasteiger partial charge on any atom is 0.246 e. The zero-order valence-electron chi connectivity index (χ0n) is 13.7. The molecule has 1 atom stereocenters. The van der Waals surface area contributed by atoms with Gasteiger partial charge in [-0.3, -0.25) is 4.79 Å². The number of halogens is 2. The molecular weight excluding hydrogens is 367 g/mol. The molecule has 1 aromatic carbocycles. The highest BCUT2D eigenvalue weighted by Gasteiger charge is 2.37. The van der Waals surface area contributed by atoms with Gasteiger partial charge in [-0.2, -0.15) is 0 Å². The average Bonchev–Trinajstić information content (AvgIpc) is 2.96. The van der Waals surface area contributed by atoms with E-state index in [1.807, 2.05) is 0 Å². The number of amides is 1. The fourth-order valence-corrected chi connectivity index (χ4v) is 5.44. The molecule has 0 radical (unpaired) electrons. The van der Waals surface area contributed by atoms with E-state index in [-0.39, 0.29) is 28.5 Å². The number of rotatable bonds is 3. The molecule has 0 unspecified atom stereocenters. The van der Waals surface area contributed by atoms with Crippen LogP contribution in [0.2, 0.25) is 5.02 Å². The van der Waals surface area contributed by atoms with Gasteiger partial charge in [-0.25, -0.2) is 12.8 Å². The van der Waals surface area contributed by atoms with Crippen molar-refractivity contribution in [2.24, 2.45) is 0 Å². The molecule has 2 saturated heterocycles. The Kier molecular flexibility index (Phi) is 5.46. The Bertz CT molecular complexity index is 789. The third kappa shape index (κ3) is 4.59. The molecule has 1 N–H and O–H groups in total. The summed E-state index contributed by atoms with van der Waals surface area (Å²) in [5.41, 5.74) is 0.667. The lowest BCUT2D eigenvalue weighted by atomic mass is 10.1. The highest BCUT2D eigenvalue weighted by Crippen LogP contribution is 2.17. The van der Waals surface area contributed by atoms with E-state index in [2.05, 4.69) is 0 Å². The fourth-order valence-electron chi connectivity index (χ4n) is 3.43. The summed E-state index contributed by atoms with van der Waals surface area (Å²) in [6, 6.07) is 4.47. The minimum absolute atomic E-state index is 0.0262. The van der Waals surface area contributed by atoms with Crippen LogP contribution in [-0.2, 0) is 14.6 Å². The first-order valence-electron chi connectivity index (χ1n) is 8.31. The Morgan fingerprint density at radius 2 is 2.04 bits per heavy atom. The number of carbonyl (C=O) groups is 1. The quantitative estimate of drug-likeness (QED) is 0.764. The summed E-state index contributed by atoms with van der Waals surface area (Å²) in [4.78, 5) is 15.3. The van der Waals surface area contributed by atoms with E-state index in [4.69, 9.17) is 11.6 Å². The van der Waals surface area contributed by atoms with Crippen LogP contribution in [0.3, 0.4) is 0 Å². The van der Waals surface area contributed by atoms with Crippen molar-refractivity contribution in [3.63, 3.8) is 0 Å². The summed E-state index contributed by atoms with van der Waals surface area (Å²) in [6.07, 6.45) is 3.81. The van der Waals surface area contributed by atoms with E-state index in [0.717, 1.165) is 19.5 Å². The molecule has 0 spiro atoms. The molecule has 0 saturated carbocycles. The molecule has 0 aliphatic carbocycles. The Morgan fingerprint density at radius 3 is 2.64 bits per heavy atom. The molecule has 136 valence electrons. The molecule has 2 heterocycles. The van der Waals surface area contributed by atoms with Crippen LogP contribution < -0.4 is 4.90 Å². The molecule has 2 fully saturated rings. The summed E-state index contributed by atoms with van der Waals surface area (Å²) in [6.45, 7) is 2.75. The average molecular weight is 388 g/mol. The maximum absolute atomic E-state index is 13.1. The lowest BCUT2D eigenvalue weighted by Crippen LogP contribution is -3.18. The number of nitrogens with one attached hydrogen (secondary N) is 1. The highest BCUT2D eigenvalue weighted by atomic mass is 35.5. The SMILES string of the molecule is O=C(/C=C/c1ccc(F)c(Cl)c1)N1CC[NH+]([C@@H]2CCS(=O)(=O)C2)CC1. The lowest BCUT2D eigenvalue weighted by molar-refractivity contribution is -0.925. The van der Waals surface area contributed by atoms with E-state index in [0.29, 0.717) is 18.7 Å². The summed E-state index contributed by atoms with van der Waals surface area (Å²) in [5.74, 6) is -0.0365. The molecule has 0 bridgehead atoms. The van der Waals surface area contributed by atoms with Gasteiger partial charge in [-0.15, -0.1) is 0 Å². The molecule has 0 aromatic heterocycles. The summed E-state index contributed by atoms with van der Waals surface area (Å²) < 4.78 is 36.3. The van der Waals surface area contributed by atoms with Gasteiger partial charge in [0.2, 0.25) is 5.91 Å². The van der Waals surface area contributed by atoms with Crippen LogP contribution in [-0.4, -0.2) is 63.0 Å². The Hall–Kier alpha value is -1.44. The number of hydrogen-bond donors (Lipinski definition) is 1. The predicted octanol–water partition coefficient (Wildman–Crippen LogP) is 0.406. The summed E-state index contributed by atoms with van der Waals surface area (Å²) in [5, 5.41) is 0.0262. The minimum atomic E-state index is -2.87. The van der Waals surface area contributed by atoms with Crippen LogP contribution in [0.5, 0.6) is 0 Å². The van der Waals surface area contributed by atoms with Crippen LogP contribution in [0.4, 0.5) is 4.39 Å². The molecule has 1 amide bonds. The van der Waals surface area contributed by atoms with Crippen molar-refractivity contribution in [1.29, 1.82) is 0 Å². The van der Waals surface area contributed by atoms with Gasteiger partial charge in [0.05, 0.1) is 37.0 Å². The maximum atomic E-state index is 13.1. The van der Waals surface area contributed by atoms with Gasteiger partial charge in [0.1, 0.15) is 17.6 Å². The highest BCUT2D eigenvalue weighted by molar-refractivity contribution is 7.91. The molecule has 5 nitrogen and oxygen atoms in total. The Labute approximate surface area is 152 Å². The van der Waals surface area contributed by atoms with Crippen LogP contribution in [0.15, 0.2) is 24.3 Å². The molecule has 2 aliphatic heterocycles. The minimum Gasteiger partial charge on any atom is -0.329 e. The summed E-state index contributed by atoms with van der Waals surface area (Å²) >= 11 is 5.73. The molecule has 2 aliphatic rings.